The van der Waals surface area contributed by atoms with E-state index in [4.69, 9.17) is 4.74 Å². The number of ether oxygens (including phenoxy) is 1. The number of hydrogen-bond acceptors (Lipinski definition) is 3. The van der Waals surface area contributed by atoms with Gasteiger partial charge in [-0.2, -0.15) is 0 Å². The maximum absolute atomic E-state index is 13.1. The lowest BCUT2D eigenvalue weighted by atomic mass is 9.84. The zero-order chi connectivity index (χ0) is 19.2. The Hall–Kier alpha value is -2.31. The van der Waals surface area contributed by atoms with Crippen LogP contribution in [0.4, 0.5) is 9.18 Å². The number of aliphatic imine (C=N–C) groups is 1. The van der Waals surface area contributed by atoms with Crippen molar-refractivity contribution in [1.82, 2.24) is 15.1 Å². The third kappa shape index (κ3) is 5.09. The first-order valence-electron chi connectivity index (χ1n) is 9.00. The van der Waals surface area contributed by atoms with Crippen LogP contribution in [0.25, 0.3) is 0 Å². The van der Waals surface area contributed by atoms with Gasteiger partial charge in [-0.15, -0.1) is 0 Å². The standard InChI is InChI=1S/C19H29FN4O2/c1-5-26-18(25)24-12-10-23(11-13-24)17(21-4)22-14-19(2,3)15-6-8-16(20)9-7-15/h6-9H,5,10-14H2,1-4H3,(H,21,22). The van der Waals surface area contributed by atoms with Crippen LogP contribution < -0.4 is 5.32 Å². The Morgan fingerprint density at radius 3 is 2.31 bits per heavy atom. The molecule has 0 bridgehead atoms. The average Bonchev–Trinajstić information content (AvgIpc) is 2.63. The van der Waals surface area contributed by atoms with Crippen molar-refractivity contribution in [2.75, 3.05) is 46.4 Å². The van der Waals surface area contributed by atoms with Crippen LogP contribution in [0.15, 0.2) is 29.3 Å². The number of halogens is 1. The fourth-order valence-electron chi connectivity index (χ4n) is 2.95. The maximum Gasteiger partial charge on any atom is 0.409 e. The molecule has 0 radical (unpaired) electrons. The molecule has 0 saturated carbocycles. The molecule has 1 heterocycles. The minimum atomic E-state index is -0.257. The molecule has 1 aliphatic rings. The van der Waals surface area contributed by atoms with Crippen molar-refractivity contribution in [3.05, 3.63) is 35.6 Å². The quantitative estimate of drug-likeness (QED) is 0.659. The second-order valence-corrected chi connectivity index (χ2v) is 6.96. The van der Waals surface area contributed by atoms with E-state index < -0.39 is 0 Å². The topological polar surface area (TPSA) is 57.2 Å². The number of nitrogens with zero attached hydrogens (tertiary/aromatic N) is 3. The van der Waals surface area contributed by atoms with E-state index in [2.05, 4.69) is 29.1 Å². The Bertz CT molecular complexity index is 623. The molecular formula is C19H29FN4O2. The Kier molecular flexibility index (Phi) is 6.83. The molecule has 0 spiro atoms. The smallest absolute Gasteiger partial charge is 0.409 e. The average molecular weight is 364 g/mol. The monoisotopic (exact) mass is 364 g/mol. The first-order chi connectivity index (χ1) is 12.4. The van der Waals surface area contributed by atoms with Crippen molar-refractivity contribution in [3.63, 3.8) is 0 Å². The minimum absolute atomic E-state index is 0.170. The first kappa shape index (κ1) is 20.0. The molecule has 1 aromatic rings. The Balaban J connectivity index is 1.90. The molecule has 144 valence electrons. The fourth-order valence-corrected chi connectivity index (χ4v) is 2.95. The van der Waals surface area contributed by atoms with E-state index in [1.807, 2.05) is 19.1 Å². The van der Waals surface area contributed by atoms with Crippen molar-refractivity contribution < 1.29 is 13.9 Å². The third-order valence-electron chi connectivity index (χ3n) is 4.63. The molecule has 1 aromatic carbocycles. The van der Waals surface area contributed by atoms with Gasteiger partial charge in [-0.25, -0.2) is 9.18 Å². The van der Waals surface area contributed by atoms with Crippen LogP contribution >= 0.6 is 0 Å². The summed E-state index contributed by atoms with van der Waals surface area (Å²) in [5.74, 6) is 0.580. The van der Waals surface area contributed by atoms with Crippen molar-refractivity contribution >= 4 is 12.1 Å². The number of hydrogen-bond donors (Lipinski definition) is 1. The van der Waals surface area contributed by atoms with E-state index >= 15 is 0 Å². The van der Waals surface area contributed by atoms with Crippen LogP contribution in [-0.4, -0.2) is 68.2 Å². The summed E-state index contributed by atoms with van der Waals surface area (Å²) in [6, 6.07) is 6.61. The first-order valence-corrected chi connectivity index (χ1v) is 9.00. The molecule has 0 unspecified atom stereocenters. The SMILES string of the molecule is CCOC(=O)N1CCN(C(=NC)NCC(C)(C)c2ccc(F)cc2)CC1. The van der Waals surface area contributed by atoms with Gasteiger partial charge in [0.2, 0.25) is 0 Å². The predicted molar refractivity (Wildman–Crippen MR) is 101 cm³/mol. The molecule has 26 heavy (non-hydrogen) atoms. The van der Waals surface area contributed by atoms with Crippen LogP contribution in [-0.2, 0) is 10.2 Å². The predicted octanol–water partition coefficient (Wildman–Crippen LogP) is 2.45. The van der Waals surface area contributed by atoms with Gasteiger partial charge in [0.1, 0.15) is 5.82 Å². The number of amides is 1. The maximum atomic E-state index is 13.1. The van der Waals surface area contributed by atoms with Gasteiger partial charge in [0.25, 0.3) is 0 Å². The van der Waals surface area contributed by atoms with E-state index in [0.29, 0.717) is 39.3 Å². The molecular weight excluding hydrogens is 335 g/mol. The van der Waals surface area contributed by atoms with E-state index in [1.54, 1.807) is 11.9 Å². The summed E-state index contributed by atoms with van der Waals surface area (Å²) < 4.78 is 18.2. The second-order valence-electron chi connectivity index (χ2n) is 6.96. The fraction of sp³-hybridized carbons (Fsp3) is 0.579. The van der Waals surface area contributed by atoms with Crippen molar-refractivity contribution in [1.29, 1.82) is 0 Å². The van der Waals surface area contributed by atoms with Gasteiger partial charge in [-0.05, 0) is 24.6 Å². The molecule has 7 heteroatoms. The molecule has 0 aromatic heterocycles. The zero-order valence-corrected chi connectivity index (χ0v) is 16.1. The summed E-state index contributed by atoms with van der Waals surface area (Å²) in [5, 5.41) is 3.41. The molecule has 1 aliphatic heterocycles. The highest BCUT2D eigenvalue weighted by Gasteiger charge is 2.26. The van der Waals surface area contributed by atoms with Crippen molar-refractivity contribution in [2.45, 2.75) is 26.2 Å². The van der Waals surface area contributed by atoms with Crippen LogP contribution in [0.2, 0.25) is 0 Å². The van der Waals surface area contributed by atoms with E-state index in [1.165, 1.54) is 12.1 Å². The van der Waals surface area contributed by atoms with Crippen LogP contribution in [0.5, 0.6) is 0 Å². The lowest BCUT2D eigenvalue weighted by Crippen LogP contribution is -2.55. The summed E-state index contributed by atoms with van der Waals surface area (Å²) in [5.41, 5.74) is 0.894. The third-order valence-corrected chi connectivity index (χ3v) is 4.63. The largest absolute Gasteiger partial charge is 0.450 e. The van der Waals surface area contributed by atoms with Crippen LogP contribution in [0, 0.1) is 5.82 Å². The number of carbonyl (C=O) groups excluding carboxylic acids is 1. The molecule has 0 aliphatic carbocycles. The molecule has 0 atom stereocenters. The minimum Gasteiger partial charge on any atom is -0.450 e. The van der Waals surface area contributed by atoms with Crippen LogP contribution in [0.3, 0.4) is 0 Å². The van der Waals surface area contributed by atoms with Gasteiger partial charge in [0, 0.05) is 45.2 Å². The van der Waals surface area contributed by atoms with E-state index in [9.17, 15) is 9.18 Å². The highest BCUT2D eigenvalue weighted by Crippen LogP contribution is 2.22. The molecule has 1 saturated heterocycles. The highest BCUT2D eigenvalue weighted by atomic mass is 19.1. The van der Waals surface area contributed by atoms with E-state index in [0.717, 1.165) is 11.5 Å². The summed E-state index contributed by atoms with van der Waals surface area (Å²) in [6.07, 6.45) is -0.257. The number of carbonyl (C=O) groups is 1. The number of guanidine groups is 1. The van der Waals surface area contributed by atoms with Gasteiger partial charge in [0.15, 0.2) is 5.96 Å². The van der Waals surface area contributed by atoms with Crippen molar-refractivity contribution in [3.8, 4) is 0 Å². The van der Waals surface area contributed by atoms with Gasteiger partial charge in [-0.3, -0.25) is 4.99 Å². The number of rotatable bonds is 4. The lowest BCUT2D eigenvalue weighted by Gasteiger charge is -2.37. The summed E-state index contributed by atoms with van der Waals surface area (Å²) >= 11 is 0. The number of benzene rings is 1. The molecule has 1 fully saturated rings. The highest BCUT2D eigenvalue weighted by molar-refractivity contribution is 5.80. The molecule has 1 amide bonds. The lowest BCUT2D eigenvalue weighted by molar-refractivity contribution is 0.0914. The zero-order valence-electron chi connectivity index (χ0n) is 16.1. The van der Waals surface area contributed by atoms with Gasteiger partial charge in [-0.1, -0.05) is 26.0 Å². The summed E-state index contributed by atoms with van der Waals surface area (Å²) in [4.78, 5) is 20.0. The van der Waals surface area contributed by atoms with Crippen LogP contribution in [0.1, 0.15) is 26.3 Å². The summed E-state index contributed by atoms with van der Waals surface area (Å²) in [7, 11) is 1.75. The van der Waals surface area contributed by atoms with Gasteiger partial charge < -0.3 is 19.9 Å². The van der Waals surface area contributed by atoms with Gasteiger partial charge in [0.05, 0.1) is 6.61 Å². The summed E-state index contributed by atoms with van der Waals surface area (Å²) in [6.45, 7) is 9.72. The Morgan fingerprint density at radius 2 is 1.77 bits per heavy atom. The van der Waals surface area contributed by atoms with Gasteiger partial charge >= 0.3 is 6.09 Å². The molecule has 6 nitrogen and oxygen atoms in total. The normalized spacial score (nSPS) is 15.8. The Morgan fingerprint density at radius 1 is 1.19 bits per heavy atom. The van der Waals surface area contributed by atoms with E-state index in [-0.39, 0.29) is 17.3 Å². The molecule has 1 N–H and O–H groups in total. The molecule has 2 rings (SSSR count). The number of piperazine rings is 1. The van der Waals surface area contributed by atoms with Crippen molar-refractivity contribution in [2.24, 2.45) is 4.99 Å². The number of nitrogens with one attached hydrogen (secondary N) is 1. The Labute approximate surface area is 155 Å². The second kappa shape index (κ2) is 8.87.